The number of imide groups is 1. The summed E-state index contributed by atoms with van der Waals surface area (Å²) < 4.78 is 49.5. The van der Waals surface area contributed by atoms with E-state index in [1.165, 1.54) is 16.9 Å². The lowest BCUT2D eigenvalue weighted by Gasteiger charge is -2.37. The number of hydrogen-bond donors (Lipinski definition) is 4. The minimum Gasteiger partial charge on any atom is -0.384 e. The number of amides is 4. The number of aliphatic hydroxyl groups excluding tert-OH is 1. The molecular formula is C44H53F2N11O8. The van der Waals surface area contributed by atoms with Crippen molar-refractivity contribution >= 4 is 46.5 Å². The molecule has 1 aliphatic carbocycles. The van der Waals surface area contributed by atoms with Crippen LogP contribution in [0.5, 0.6) is 0 Å². The number of fused-ring (bicyclic) bond motifs is 4. The Bertz CT molecular complexity index is 2440. The Kier molecular flexibility index (Phi) is 12.2. The van der Waals surface area contributed by atoms with Crippen molar-refractivity contribution < 1.29 is 47.3 Å². The molecule has 4 aromatic rings. The van der Waals surface area contributed by atoms with Gasteiger partial charge in [-0.25, -0.2) is 18.3 Å². The molecule has 10 rings (SSSR count). The Morgan fingerprint density at radius 3 is 2.68 bits per heavy atom. The van der Waals surface area contributed by atoms with Gasteiger partial charge in [0, 0.05) is 63.8 Å². The summed E-state index contributed by atoms with van der Waals surface area (Å²) in [7, 11) is 0. The van der Waals surface area contributed by atoms with Gasteiger partial charge in [-0.3, -0.25) is 33.7 Å². The zero-order chi connectivity index (χ0) is 44.8. The molecule has 4 amide bonds. The van der Waals surface area contributed by atoms with Crippen LogP contribution in [0, 0.1) is 5.92 Å². The average Bonchev–Trinajstić information content (AvgIpc) is 4.15. The van der Waals surface area contributed by atoms with Crippen LogP contribution in [-0.4, -0.2) is 153 Å². The van der Waals surface area contributed by atoms with E-state index in [0.717, 1.165) is 69.0 Å². The Hall–Kier alpha value is -5.61. The summed E-state index contributed by atoms with van der Waals surface area (Å²) in [6.07, 6.45) is 5.82. The van der Waals surface area contributed by atoms with Gasteiger partial charge in [-0.05, 0) is 69.1 Å². The molecule has 5 fully saturated rings. The number of piperidine rings is 1. The van der Waals surface area contributed by atoms with Crippen molar-refractivity contribution in [2.75, 3.05) is 74.7 Å². The van der Waals surface area contributed by atoms with Crippen molar-refractivity contribution in [2.45, 2.75) is 94.4 Å². The van der Waals surface area contributed by atoms with Crippen LogP contribution in [0.3, 0.4) is 0 Å². The molecule has 4 N–H and O–H groups in total. The quantitative estimate of drug-likeness (QED) is 0.0998. The SMILES string of the molecule is O=C1CCC(N2C(=O)c3cccc(NCCCOCC4CN(C[C@H]5CC[C@H](n6cc(NC(=O)c7cnn8ccc(N9C[C@H]%10C[C@@H]9CO%10)nc78)c(C(F)F)n6)CC5)CCO4)c3C2=O)C(O)N1. The molecule has 19 nitrogen and oxygen atoms in total. The number of carbonyl (C=O) groups is 4. The molecule has 8 heterocycles. The van der Waals surface area contributed by atoms with Crippen LogP contribution < -0.4 is 20.9 Å². The second kappa shape index (κ2) is 18.3. The van der Waals surface area contributed by atoms with Crippen molar-refractivity contribution in [3.05, 3.63) is 65.2 Å². The standard InChI is InChI=1S/C44H53F2N11O8/c45-39(46)38-33(49-41(59)31-18-48-55-13-11-35(50-40(31)55)54-21-28-17-27(54)23-65-28)22-56(52-38)26-7-5-25(6-8-26)19-53-14-16-64-29(20-53)24-63-15-2-12-47-32-4-1-3-30-37(32)44(62)57(43(30)61)34-9-10-36(58)51-42(34)60/h1,3-4,11,13,18,22,25-29,34,39,42,47,60H,2,5-10,12,14-17,19-21,23-24H2,(H,49,59)(H,51,58)/t25-,26-,27-,28-,29?,34?,42?/m1/s1. The van der Waals surface area contributed by atoms with E-state index in [-0.39, 0.29) is 65.4 Å². The van der Waals surface area contributed by atoms with Crippen molar-refractivity contribution in [3.63, 3.8) is 0 Å². The normalized spacial score (nSPS) is 27.0. The van der Waals surface area contributed by atoms with Gasteiger partial charge < -0.3 is 40.2 Å². The maximum Gasteiger partial charge on any atom is 0.284 e. The van der Waals surface area contributed by atoms with Gasteiger partial charge in [0.15, 0.2) is 11.3 Å². The number of ether oxygens (including phenoxy) is 3. The van der Waals surface area contributed by atoms with Gasteiger partial charge in [-0.15, -0.1) is 0 Å². The second-order valence-electron chi connectivity index (χ2n) is 17.9. The van der Waals surface area contributed by atoms with Crippen LogP contribution in [-0.2, 0) is 19.0 Å². The first-order valence-corrected chi connectivity index (χ1v) is 22.6. The molecule has 346 valence electrons. The molecular weight excluding hydrogens is 849 g/mol. The number of benzene rings is 1. The predicted molar refractivity (Wildman–Crippen MR) is 229 cm³/mol. The maximum absolute atomic E-state index is 14.3. The Morgan fingerprint density at radius 2 is 1.89 bits per heavy atom. The monoisotopic (exact) mass is 901 g/mol. The van der Waals surface area contributed by atoms with Gasteiger partial charge in [0.2, 0.25) is 5.91 Å². The van der Waals surface area contributed by atoms with Crippen molar-refractivity contribution in [2.24, 2.45) is 5.92 Å². The smallest absolute Gasteiger partial charge is 0.284 e. The maximum atomic E-state index is 14.3. The molecule has 3 unspecified atom stereocenters. The highest BCUT2D eigenvalue weighted by Crippen LogP contribution is 2.37. The third-order valence-electron chi connectivity index (χ3n) is 13.6. The van der Waals surface area contributed by atoms with E-state index in [1.807, 2.05) is 6.07 Å². The molecule has 6 aliphatic rings. The number of halogens is 2. The Balaban J connectivity index is 0.664. The fourth-order valence-corrected chi connectivity index (χ4v) is 10.3. The summed E-state index contributed by atoms with van der Waals surface area (Å²) in [6.45, 7) is 5.79. The third-order valence-corrected chi connectivity index (χ3v) is 13.6. The average molecular weight is 902 g/mol. The molecule has 5 aliphatic heterocycles. The minimum atomic E-state index is -2.88. The first-order valence-electron chi connectivity index (χ1n) is 22.6. The zero-order valence-corrected chi connectivity index (χ0v) is 35.8. The van der Waals surface area contributed by atoms with E-state index in [1.54, 1.807) is 29.1 Å². The van der Waals surface area contributed by atoms with Crippen molar-refractivity contribution in [1.82, 2.24) is 39.5 Å². The number of rotatable bonds is 15. The van der Waals surface area contributed by atoms with E-state index in [2.05, 4.69) is 35.9 Å². The summed E-state index contributed by atoms with van der Waals surface area (Å²) >= 11 is 0. The fraction of sp³-hybridized carbons (Fsp3) is 0.568. The van der Waals surface area contributed by atoms with E-state index in [0.29, 0.717) is 56.6 Å². The van der Waals surface area contributed by atoms with Crippen LogP contribution in [0.25, 0.3) is 5.65 Å². The molecule has 0 radical (unpaired) electrons. The minimum absolute atomic E-state index is 0.0225. The number of nitrogens with one attached hydrogen (secondary N) is 3. The Morgan fingerprint density at radius 1 is 1.03 bits per heavy atom. The highest BCUT2D eigenvalue weighted by molar-refractivity contribution is 6.24. The van der Waals surface area contributed by atoms with Crippen molar-refractivity contribution in [1.29, 1.82) is 0 Å². The first-order chi connectivity index (χ1) is 31.6. The van der Waals surface area contributed by atoms with E-state index >= 15 is 0 Å². The number of anilines is 3. The van der Waals surface area contributed by atoms with Gasteiger partial charge >= 0.3 is 0 Å². The van der Waals surface area contributed by atoms with Gasteiger partial charge in [0.1, 0.15) is 17.6 Å². The molecule has 3 aromatic heterocycles. The number of morpholine rings is 2. The lowest BCUT2D eigenvalue weighted by molar-refractivity contribution is -0.129. The molecule has 21 heteroatoms. The Labute approximate surface area is 372 Å². The highest BCUT2D eigenvalue weighted by atomic mass is 19.3. The molecule has 2 bridgehead atoms. The molecule has 5 atom stereocenters. The number of aromatic nitrogens is 5. The summed E-state index contributed by atoms with van der Waals surface area (Å²) in [4.78, 5) is 62.2. The zero-order valence-electron chi connectivity index (χ0n) is 35.8. The molecule has 4 saturated heterocycles. The first kappa shape index (κ1) is 43.3. The van der Waals surface area contributed by atoms with Crippen LogP contribution >= 0.6 is 0 Å². The summed E-state index contributed by atoms with van der Waals surface area (Å²) in [5.41, 5.74) is 1.09. The summed E-state index contributed by atoms with van der Waals surface area (Å²) in [6, 6.07) is 6.23. The largest absolute Gasteiger partial charge is 0.384 e. The lowest BCUT2D eigenvalue weighted by Crippen LogP contribution is -2.57. The topological polar surface area (TPSA) is 210 Å². The lowest BCUT2D eigenvalue weighted by atomic mass is 9.85. The summed E-state index contributed by atoms with van der Waals surface area (Å²) in [5, 5.41) is 27.3. The van der Waals surface area contributed by atoms with E-state index in [4.69, 9.17) is 19.2 Å². The molecule has 0 spiro atoms. The van der Waals surface area contributed by atoms with Gasteiger partial charge in [0.05, 0.1) is 73.2 Å². The number of aliphatic hydroxyl groups is 1. The number of alkyl halides is 2. The molecule has 1 saturated carbocycles. The van der Waals surface area contributed by atoms with Crippen LogP contribution in [0.4, 0.5) is 26.0 Å². The van der Waals surface area contributed by atoms with Crippen molar-refractivity contribution in [3.8, 4) is 0 Å². The number of hydrogen-bond acceptors (Lipinski definition) is 14. The van der Waals surface area contributed by atoms with Gasteiger partial charge in [-0.1, -0.05) is 6.07 Å². The van der Waals surface area contributed by atoms with Crippen LogP contribution in [0.15, 0.2) is 42.9 Å². The number of carbonyl (C=O) groups excluding carboxylic acids is 4. The van der Waals surface area contributed by atoms with Crippen LogP contribution in [0.2, 0.25) is 0 Å². The highest BCUT2D eigenvalue weighted by Gasteiger charge is 2.45. The fourth-order valence-electron chi connectivity index (χ4n) is 10.3. The van der Waals surface area contributed by atoms with E-state index < -0.39 is 42.1 Å². The molecule has 65 heavy (non-hydrogen) atoms. The number of nitrogens with zero attached hydrogens (tertiary/aromatic N) is 8. The van der Waals surface area contributed by atoms with Gasteiger partial charge in [-0.2, -0.15) is 10.2 Å². The third kappa shape index (κ3) is 8.78. The summed E-state index contributed by atoms with van der Waals surface area (Å²) in [5.74, 6) is -0.737. The molecule has 1 aromatic carbocycles. The second-order valence-corrected chi connectivity index (χ2v) is 17.9. The van der Waals surface area contributed by atoms with E-state index in [9.17, 15) is 33.1 Å². The van der Waals surface area contributed by atoms with Gasteiger partial charge in [0.25, 0.3) is 24.1 Å². The predicted octanol–water partition coefficient (Wildman–Crippen LogP) is 3.24. The van der Waals surface area contributed by atoms with Crippen LogP contribution in [0.1, 0.15) is 101 Å².